The maximum absolute atomic E-state index is 13.6. The number of para-hydroxylation sites is 1. The van der Waals surface area contributed by atoms with Crippen molar-refractivity contribution >= 4 is 75.8 Å². The SMILES string of the molecule is COC(=O)C1=C(C(=O)OC)SC(=C2C(=S)C(C)(C)N(C(=O)/C=C\c3ccc(OC)cc3)c3ccccc32)S1. The van der Waals surface area contributed by atoms with Crippen molar-refractivity contribution < 1.29 is 28.6 Å². The van der Waals surface area contributed by atoms with E-state index in [0.29, 0.717) is 20.4 Å². The highest BCUT2D eigenvalue weighted by molar-refractivity contribution is 8.29. The average Bonchev–Trinajstić information content (AvgIpc) is 3.36. The highest BCUT2D eigenvalue weighted by Crippen LogP contribution is 2.56. The number of anilines is 1. The lowest BCUT2D eigenvalue weighted by molar-refractivity contribution is -0.138. The number of methoxy groups -OCH3 is 3. The van der Waals surface area contributed by atoms with Gasteiger partial charge in [0, 0.05) is 17.2 Å². The molecule has 4 rings (SSSR count). The number of nitrogens with zero attached hydrogens (tertiary/aromatic N) is 1. The maximum atomic E-state index is 13.6. The van der Waals surface area contributed by atoms with Gasteiger partial charge in [0.05, 0.1) is 41.7 Å². The molecule has 0 radical (unpaired) electrons. The number of carbonyl (C=O) groups excluding carboxylic acids is 3. The molecular formula is C28H25NO6S3. The number of hydrogen-bond acceptors (Lipinski definition) is 9. The Morgan fingerprint density at radius 3 is 2.03 bits per heavy atom. The van der Waals surface area contributed by atoms with Crippen LogP contribution in [-0.2, 0) is 23.9 Å². The first-order valence-corrected chi connectivity index (χ1v) is 13.5. The van der Waals surface area contributed by atoms with Crippen molar-refractivity contribution in [1.29, 1.82) is 0 Å². The van der Waals surface area contributed by atoms with Crippen molar-refractivity contribution in [2.75, 3.05) is 26.2 Å². The van der Waals surface area contributed by atoms with E-state index in [1.165, 1.54) is 20.3 Å². The second-order valence-electron chi connectivity index (χ2n) is 8.69. The summed E-state index contributed by atoms with van der Waals surface area (Å²) in [6.07, 6.45) is 3.27. The normalized spacial score (nSPS) is 16.6. The molecule has 0 aliphatic carbocycles. The Morgan fingerprint density at radius 2 is 1.47 bits per heavy atom. The fourth-order valence-electron chi connectivity index (χ4n) is 4.12. The van der Waals surface area contributed by atoms with Gasteiger partial charge in [-0.05, 0) is 43.7 Å². The summed E-state index contributed by atoms with van der Waals surface area (Å²) in [4.78, 5) is 41.0. The summed E-state index contributed by atoms with van der Waals surface area (Å²) in [6.45, 7) is 3.76. The first-order valence-electron chi connectivity index (χ1n) is 11.5. The number of fused-ring (bicyclic) bond motifs is 1. The smallest absolute Gasteiger partial charge is 0.346 e. The number of ether oxygens (including phenoxy) is 3. The number of esters is 2. The molecule has 2 aliphatic heterocycles. The van der Waals surface area contributed by atoms with Crippen molar-refractivity contribution in [2.45, 2.75) is 19.4 Å². The predicted octanol–water partition coefficient (Wildman–Crippen LogP) is 5.61. The molecule has 0 bridgehead atoms. The molecular weight excluding hydrogens is 543 g/mol. The molecule has 7 nitrogen and oxygen atoms in total. The van der Waals surface area contributed by atoms with Crippen LogP contribution in [0.2, 0.25) is 0 Å². The van der Waals surface area contributed by atoms with Crippen LogP contribution in [0.25, 0.3) is 11.6 Å². The summed E-state index contributed by atoms with van der Waals surface area (Å²) in [6, 6.07) is 14.8. The minimum absolute atomic E-state index is 0.144. The molecule has 10 heteroatoms. The standard InChI is InChI=1S/C28H25NO6S3/c1-28(2)24(36)21(27-37-22(25(31)34-4)23(38-27)26(32)35-5)18-8-6-7-9-19(18)29(28)20(30)15-12-16-10-13-17(33-3)14-11-16/h6-15H,1-5H3/b15-12-. The van der Waals surface area contributed by atoms with Gasteiger partial charge in [-0.2, -0.15) is 0 Å². The Bertz CT molecular complexity index is 1390. The van der Waals surface area contributed by atoms with Gasteiger partial charge < -0.3 is 14.2 Å². The molecule has 0 fully saturated rings. The Labute approximate surface area is 234 Å². The molecule has 0 N–H and O–H groups in total. The molecule has 0 atom stereocenters. The van der Waals surface area contributed by atoms with Gasteiger partial charge in [-0.15, -0.1) is 0 Å². The number of thiocarbonyl (C=S) groups is 1. The average molecular weight is 568 g/mol. The van der Waals surface area contributed by atoms with Gasteiger partial charge >= 0.3 is 11.9 Å². The lowest BCUT2D eigenvalue weighted by atomic mass is 9.83. The van der Waals surface area contributed by atoms with Crippen LogP contribution in [0, 0.1) is 0 Å². The van der Waals surface area contributed by atoms with E-state index < -0.39 is 17.5 Å². The number of thioether (sulfide) groups is 2. The van der Waals surface area contributed by atoms with E-state index in [2.05, 4.69) is 0 Å². The Kier molecular flexibility index (Phi) is 8.15. The van der Waals surface area contributed by atoms with E-state index in [9.17, 15) is 14.4 Å². The molecule has 2 aromatic rings. The largest absolute Gasteiger partial charge is 0.497 e. The van der Waals surface area contributed by atoms with Gasteiger partial charge in [-0.3, -0.25) is 9.69 Å². The van der Waals surface area contributed by atoms with E-state index in [1.807, 2.05) is 62.4 Å². The van der Waals surface area contributed by atoms with Crippen LogP contribution < -0.4 is 9.64 Å². The van der Waals surface area contributed by atoms with Crippen LogP contribution in [0.15, 0.2) is 68.7 Å². The van der Waals surface area contributed by atoms with Crippen molar-refractivity contribution in [3.8, 4) is 5.75 Å². The van der Waals surface area contributed by atoms with Gasteiger partial charge in [-0.25, -0.2) is 9.59 Å². The molecule has 196 valence electrons. The fraction of sp³-hybridized carbons (Fsp3) is 0.214. The monoisotopic (exact) mass is 567 g/mol. The molecule has 0 aromatic heterocycles. The zero-order valence-electron chi connectivity index (χ0n) is 21.4. The van der Waals surface area contributed by atoms with Crippen molar-refractivity contribution in [3.05, 3.63) is 79.8 Å². The highest BCUT2D eigenvalue weighted by Gasteiger charge is 2.45. The van der Waals surface area contributed by atoms with E-state index >= 15 is 0 Å². The second-order valence-corrected chi connectivity index (χ2v) is 11.4. The minimum atomic E-state index is -0.895. The van der Waals surface area contributed by atoms with Crippen LogP contribution in [-0.4, -0.2) is 49.6 Å². The first kappa shape index (κ1) is 27.7. The van der Waals surface area contributed by atoms with E-state index in [0.717, 1.165) is 40.4 Å². The zero-order chi connectivity index (χ0) is 27.6. The Morgan fingerprint density at radius 1 is 0.895 bits per heavy atom. The molecule has 0 unspecified atom stereocenters. The number of hydrogen-bond donors (Lipinski definition) is 0. The van der Waals surface area contributed by atoms with Gasteiger partial charge in [0.1, 0.15) is 15.6 Å². The summed E-state index contributed by atoms with van der Waals surface area (Å²) in [5.74, 6) is -0.769. The molecule has 2 heterocycles. The van der Waals surface area contributed by atoms with Gasteiger partial charge in [-0.1, -0.05) is 66.1 Å². The van der Waals surface area contributed by atoms with Crippen molar-refractivity contribution in [2.24, 2.45) is 0 Å². The Hall–Kier alpha value is -3.34. The third-order valence-corrected chi connectivity index (χ3v) is 9.31. The first-order chi connectivity index (χ1) is 18.1. The topological polar surface area (TPSA) is 82.1 Å². The molecule has 1 amide bonds. The van der Waals surface area contributed by atoms with Gasteiger partial charge in [0.25, 0.3) is 5.91 Å². The summed E-state index contributed by atoms with van der Waals surface area (Å²) < 4.78 is 15.6. The lowest BCUT2D eigenvalue weighted by Crippen LogP contribution is -2.55. The van der Waals surface area contributed by atoms with Crippen molar-refractivity contribution in [3.63, 3.8) is 0 Å². The fourth-order valence-corrected chi connectivity index (χ4v) is 7.15. The van der Waals surface area contributed by atoms with E-state index in [-0.39, 0.29) is 15.7 Å². The summed E-state index contributed by atoms with van der Waals surface area (Å²) >= 11 is 8.22. The van der Waals surface area contributed by atoms with Crippen LogP contribution >= 0.6 is 35.7 Å². The summed E-state index contributed by atoms with van der Waals surface area (Å²) in [5, 5.41) is 0. The number of carbonyl (C=O) groups is 3. The van der Waals surface area contributed by atoms with Crippen LogP contribution in [0.3, 0.4) is 0 Å². The highest BCUT2D eigenvalue weighted by atomic mass is 32.2. The van der Waals surface area contributed by atoms with Crippen LogP contribution in [0.4, 0.5) is 5.69 Å². The Balaban J connectivity index is 1.77. The minimum Gasteiger partial charge on any atom is -0.497 e. The molecule has 2 aliphatic rings. The van der Waals surface area contributed by atoms with Crippen LogP contribution in [0.5, 0.6) is 5.75 Å². The lowest BCUT2D eigenvalue weighted by Gasteiger charge is -2.44. The number of benzene rings is 2. The second kappa shape index (κ2) is 11.2. The molecule has 0 spiro atoms. The maximum Gasteiger partial charge on any atom is 0.346 e. The third-order valence-electron chi connectivity index (χ3n) is 6.05. The summed E-state index contributed by atoms with van der Waals surface area (Å²) in [5.41, 5.74) is 2.05. The molecule has 38 heavy (non-hydrogen) atoms. The van der Waals surface area contributed by atoms with E-state index in [1.54, 1.807) is 18.1 Å². The van der Waals surface area contributed by atoms with Crippen molar-refractivity contribution in [1.82, 2.24) is 0 Å². The van der Waals surface area contributed by atoms with E-state index in [4.69, 9.17) is 26.4 Å². The van der Waals surface area contributed by atoms with Crippen LogP contribution in [0.1, 0.15) is 25.0 Å². The molecule has 0 saturated carbocycles. The zero-order valence-corrected chi connectivity index (χ0v) is 23.8. The number of amides is 1. The summed E-state index contributed by atoms with van der Waals surface area (Å²) in [7, 11) is 4.11. The quantitative estimate of drug-likeness (QED) is 0.260. The third kappa shape index (κ3) is 5.03. The molecule has 2 aromatic carbocycles. The molecule has 0 saturated heterocycles. The van der Waals surface area contributed by atoms with Gasteiger partial charge in [0.15, 0.2) is 0 Å². The van der Waals surface area contributed by atoms with Gasteiger partial charge in [0.2, 0.25) is 0 Å². The number of rotatable bonds is 5. The predicted molar refractivity (Wildman–Crippen MR) is 156 cm³/mol.